The zero-order valence-electron chi connectivity index (χ0n) is 14.3. The molecule has 1 aliphatic heterocycles. The van der Waals surface area contributed by atoms with Crippen molar-refractivity contribution in [1.82, 2.24) is 10.2 Å². The minimum Gasteiger partial charge on any atom is -0.350 e. The number of hydrogen-bond donors (Lipinski definition) is 1. The summed E-state index contributed by atoms with van der Waals surface area (Å²) in [4.78, 5) is 27.0. The number of fused-ring (bicyclic) bond motifs is 1. The number of carbonyl (C=O) groups is 2. The van der Waals surface area contributed by atoms with Crippen LogP contribution in [0.3, 0.4) is 0 Å². The predicted molar refractivity (Wildman–Crippen MR) is 93.1 cm³/mol. The molecule has 130 valence electrons. The minimum atomic E-state index is -0.691. The molecule has 0 bridgehead atoms. The molecule has 0 aromatic heterocycles. The third-order valence-electron chi connectivity index (χ3n) is 4.47. The summed E-state index contributed by atoms with van der Waals surface area (Å²) in [5, 5.41) is 2.78. The number of carbonyl (C=O) groups excluding carboxylic acids is 2. The lowest BCUT2D eigenvalue weighted by molar-refractivity contribution is -0.143. The van der Waals surface area contributed by atoms with Gasteiger partial charge in [-0.3, -0.25) is 9.59 Å². The van der Waals surface area contributed by atoms with Crippen molar-refractivity contribution in [3.8, 4) is 0 Å². The van der Waals surface area contributed by atoms with Gasteiger partial charge in [-0.05, 0) is 31.0 Å². The molecule has 1 N–H and O–H groups in total. The second kappa shape index (κ2) is 7.05. The molecule has 0 radical (unpaired) electrons. The summed E-state index contributed by atoms with van der Waals surface area (Å²) in [5.74, 6) is -0.721. The summed E-state index contributed by atoms with van der Waals surface area (Å²) in [7, 11) is 0. The van der Waals surface area contributed by atoms with Crippen molar-refractivity contribution < 1.29 is 14.0 Å². The number of nitrogens with one attached hydrogen (secondary N) is 1. The Labute approximate surface area is 146 Å². The van der Waals surface area contributed by atoms with Crippen LogP contribution in [0.15, 0.2) is 48.5 Å². The van der Waals surface area contributed by atoms with E-state index in [0.29, 0.717) is 12.0 Å². The normalized spacial score (nSPS) is 16.7. The second-order valence-corrected chi connectivity index (χ2v) is 6.48. The van der Waals surface area contributed by atoms with E-state index < -0.39 is 6.04 Å². The molecule has 0 spiro atoms. The van der Waals surface area contributed by atoms with Gasteiger partial charge in [-0.15, -0.1) is 0 Å². The maximum atomic E-state index is 13.8. The van der Waals surface area contributed by atoms with Gasteiger partial charge < -0.3 is 10.2 Å². The zero-order valence-corrected chi connectivity index (χ0v) is 14.3. The highest BCUT2D eigenvalue weighted by Crippen LogP contribution is 2.32. The van der Waals surface area contributed by atoms with Crippen LogP contribution in [0.4, 0.5) is 4.39 Å². The van der Waals surface area contributed by atoms with Crippen LogP contribution in [0.1, 0.15) is 36.6 Å². The molecule has 25 heavy (non-hydrogen) atoms. The number of halogens is 1. The number of amides is 2. The largest absolute Gasteiger partial charge is 0.350 e. The van der Waals surface area contributed by atoms with Gasteiger partial charge in [0.1, 0.15) is 11.9 Å². The van der Waals surface area contributed by atoms with Gasteiger partial charge in [0.05, 0.1) is 6.42 Å². The molecule has 0 saturated carbocycles. The fraction of sp³-hybridized carbons (Fsp3) is 0.300. The van der Waals surface area contributed by atoms with Crippen LogP contribution < -0.4 is 5.32 Å². The smallest absolute Gasteiger partial charge is 0.247 e. The highest BCUT2D eigenvalue weighted by atomic mass is 19.1. The lowest BCUT2D eigenvalue weighted by Crippen LogP contribution is -2.50. The van der Waals surface area contributed by atoms with E-state index >= 15 is 0 Å². The van der Waals surface area contributed by atoms with Gasteiger partial charge in [0, 0.05) is 18.2 Å². The van der Waals surface area contributed by atoms with Gasteiger partial charge >= 0.3 is 0 Å². The van der Waals surface area contributed by atoms with E-state index in [2.05, 4.69) is 5.32 Å². The van der Waals surface area contributed by atoms with Crippen LogP contribution in [0, 0.1) is 5.82 Å². The van der Waals surface area contributed by atoms with Crippen molar-refractivity contribution in [2.75, 3.05) is 0 Å². The maximum absolute atomic E-state index is 13.8. The monoisotopic (exact) mass is 340 g/mol. The van der Waals surface area contributed by atoms with Gasteiger partial charge in [-0.1, -0.05) is 42.5 Å². The Hall–Kier alpha value is -2.69. The third kappa shape index (κ3) is 3.40. The van der Waals surface area contributed by atoms with E-state index in [1.165, 1.54) is 6.07 Å². The molecule has 3 rings (SSSR count). The Morgan fingerprint density at radius 1 is 1.20 bits per heavy atom. The molecular formula is C20H21FN2O2. The molecule has 0 fully saturated rings. The Morgan fingerprint density at radius 2 is 1.88 bits per heavy atom. The van der Waals surface area contributed by atoms with E-state index in [9.17, 15) is 14.0 Å². The van der Waals surface area contributed by atoms with Crippen LogP contribution in [0.5, 0.6) is 0 Å². The van der Waals surface area contributed by atoms with E-state index in [1.54, 1.807) is 23.1 Å². The van der Waals surface area contributed by atoms with Crippen LogP contribution in [-0.2, 0) is 22.6 Å². The molecule has 1 aliphatic rings. The van der Waals surface area contributed by atoms with Gasteiger partial charge in [0.15, 0.2) is 0 Å². The first-order valence-electron chi connectivity index (χ1n) is 8.39. The van der Waals surface area contributed by atoms with E-state index in [-0.39, 0.29) is 30.2 Å². The van der Waals surface area contributed by atoms with Crippen molar-refractivity contribution in [3.63, 3.8) is 0 Å². The first kappa shape index (κ1) is 17.1. The van der Waals surface area contributed by atoms with Crippen LogP contribution in [-0.4, -0.2) is 22.8 Å². The Kier molecular flexibility index (Phi) is 4.83. The van der Waals surface area contributed by atoms with Crippen molar-refractivity contribution in [1.29, 1.82) is 0 Å². The SMILES string of the molecule is CC(C)N1C(=O)Cc2ccccc2C1C(=O)NCc1ccccc1F. The standard InChI is InChI=1S/C20H21FN2O2/c1-13(2)23-18(24)11-14-7-3-5-9-16(14)19(23)20(25)22-12-15-8-4-6-10-17(15)21/h3-10,13,19H,11-12H2,1-2H3,(H,22,25). The summed E-state index contributed by atoms with van der Waals surface area (Å²) in [6.45, 7) is 3.87. The lowest BCUT2D eigenvalue weighted by Gasteiger charge is -2.39. The number of benzene rings is 2. The molecule has 0 aliphatic carbocycles. The summed E-state index contributed by atoms with van der Waals surface area (Å²) < 4.78 is 13.8. The van der Waals surface area contributed by atoms with Gasteiger partial charge in [0.2, 0.25) is 11.8 Å². The van der Waals surface area contributed by atoms with Crippen molar-refractivity contribution in [3.05, 3.63) is 71.0 Å². The van der Waals surface area contributed by atoms with Crippen LogP contribution >= 0.6 is 0 Å². The molecule has 1 atom stereocenters. The summed E-state index contributed by atoms with van der Waals surface area (Å²) in [6.07, 6.45) is 0.297. The van der Waals surface area contributed by atoms with Crippen molar-refractivity contribution in [2.45, 2.75) is 38.9 Å². The maximum Gasteiger partial charge on any atom is 0.247 e. The van der Waals surface area contributed by atoms with Crippen molar-refractivity contribution in [2.24, 2.45) is 0 Å². The third-order valence-corrected chi connectivity index (χ3v) is 4.47. The van der Waals surface area contributed by atoms with E-state index in [4.69, 9.17) is 0 Å². The topological polar surface area (TPSA) is 49.4 Å². The van der Waals surface area contributed by atoms with Crippen LogP contribution in [0.25, 0.3) is 0 Å². The molecule has 2 aromatic rings. The fourth-order valence-electron chi connectivity index (χ4n) is 3.28. The molecule has 5 heteroatoms. The summed E-state index contributed by atoms with van der Waals surface area (Å²) in [5.41, 5.74) is 2.12. The fourth-order valence-corrected chi connectivity index (χ4v) is 3.28. The highest BCUT2D eigenvalue weighted by Gasteiger charge is 2.38. The Balaban J connectivity index is 1.88. The molecule has 0 saturated heterocycles. The average molecular weight is 340 g/mol. The minimum absolute atomic E-state index is 0.0697. The molecule has 1 unspecified atom stereocenters. The highest BCUT2D eigenvalue weighted by molar-refractivity contribution is 5.92. The summed E-state index contributed by atoms with van der Waals surface area (Å²) >= 11 is 0. The summed E-state index contributed by atoms with van der Waals surface area (Å²) in [6, 6.07) is 13.0. The number of nitrogens with zero attached hydrogens (tertiary/aromatic N) is 1. The number of rotatable bonds is 4. The Morgan fingerprint density at radius 3 is 2.60 bits per heavy atom. The van der Waals surface area contributed by atoms with Gasteiger partial charge in [0.25, 0.3) is 0 Å². The molecule has 2 aromatic carbocycles. The van der Waals surface area contributed by atoms with Crippen LogP contribution in [0.2, 0.25) is 0 Å². The number of hydrogen-bond acceptors (Lipinski definition) is 2. The zero-order chi connectivity index (χ0) is 18.0. The molecule has 2 amide bonds. The predicted octanol–water partition coefficient (Wildman–Crippen LogP) is 2.98. The van der Waals surface area contributed by atoms with Gasteiger partial charge in [-0.2, -0.15) is 0 Å². The quantitative estimate of drug-likeness (QED) is 0.930. The molecular weight excluding hydrogens is 319 g/mol. The first-order valence-corrected chi connectivity index (χ1v) is 8.39. The second-order valence-electron chi connectivity index (χ2n) is 6.48. The lowest BCUT2D eigenvalue weighted by atomic mass is 9.90. The van der Waals surface area contributed by atoms with E-state index in [0.717, 1.165) is 11.1 Å². The van der Waals surface area contributed by atoms with Gasteiger partial charge in [-0.25, -0.2) is 4.39 Å². The Bertz CT molecular complexity index is 804. The van der Waals surface area contributed by atoms with Crippen molar-refractivity contribution >= 4 is 11.8 Å². The van der Waals surface area contributed by atoms with E-state index in [1.807, 2.05) is 38.1 Å². The average Bonchev–Trinajstić information content (AvgIpc) is 2.59. The first-order chi connectivity index (χ1) is 12.0. The molecule has 1 heterocycles. The molecule has 4 nitrogen and oxygen atoms in total.